The lowest BCUT2D eigenvalue weighted by atomic mass is 10.1. The molecule has 1 rings (SSSR count). The summed E-state index contributed by atoms with van der Waals surface area (Å²) in [7, 11) is 0. The number of amides is 1. The van der Waals surface area contributed by atoms with E-state index in [2.05, 4.69) is 38.2 Å². The van der Waals surface area contributed by atoms with Gasteiger partial charge in [0.05, 0.1) is 10.6 Å². The van der Waals surface area contributed by atoms with Gasteiger partial charge >= 0.3 is 0 Å². The van der Waals surface area contributed by atoms with Gasteiger partial charge in [-0.1, -0.05) is 35.8 Å². The summed E-state index contributed by atoms with van der Waals surface area (Å²) < 4.78 is 0. The molecule has 0 aromatic carbocycles. The van der Waals surface area contributed by atoms with E-state index in [1.165, 1.54) is 41.1 Å². The number of hydrogen-bond acceptors (Lipinski definition) is 4. The van der Waals surface area contributed by atoms with E-state index in [9.17, 15) is 14.4 Å². The first-order chi connectivity index (χ1) is 13.2. The average Bonchev–Trinajstić information content (AvgIpc) is 2.59. The average molecular weight is 402 g/mol. The van der Waals surface area contributed by atoms with Crippen molar-refractivity contribution in [3.05, 3.63) is 57.7 Å². The molecule has 0 radical (unpaired) electrons. The van der Waals surface area contributed by atoms with Crippen LogP contribution in [0, 0.1) is 0 Å². The van der Waals surface area contributed by atoms with Gasteiger partial charge in [-0.2, -0.15) is 0 Å². The van der Waals surface area contributed by atoms with Crippen molar-refractivity contribution in [2.24, 2.45) is 0 Å². The van der Waals surface area contributed by atoms with Crippen molar-refractivity contribution in [3.63, 3.8) is 0 Å². The van der Waals surface area contributed by atoms with Crippen LogP contribution in [0.4, 0.5) is 0 Å². The maximum Gasteiger partial charge on any atom is 0.248 e. The fraction of sp³-hybridized carbons (Fsp3) is 0.435. The Kier molecular flexibility index (Phi) is 10.5. The van der Waals surface area contributed by atoms with Gasteiger partial charge < -0.3 is 5.32 Å². The fourth-order valence-corrected chi connectivity index (χ4v) is 3.31. The Morgan fingerprint density at radius 1 is 0.964 bits per heavy atom. The molecular weight excluding hydrogens is 370 g/mol. The third-order valence-electron chi connectivity index (χ3n) is 4.10. The van der Waals surface area contributed by atoms with E-state index < -0.39 is 0 Å². The summed E-state index contributed by atoms with van der Waals surface area (Å²) in [4.78, 5) is 36.6. The second-order valence-electron chi connectivity index (χ2n) is 7.12. The fourth-order valence-electron chi connectivity index (χ4n) is 2.61. The molecule has 0 aliphatic heterocycles. The molecule has 1 aliphatic rings. The molecule has 0 aromatic rings. The predicted octanol–water partition coefficient (Wildman–Crippen LogP) is 5.19. The van der Waals surface area contributed by atoms with Crippen molar-refractivity contribution in [1.82, 2.24) is 5.32 Å². The highest BCUT2D eigenvalue weighted by Crippen LogP contribution is 2.21. The van der Waals surface area contributed by atoms with Gasteiger partial charge in [0.2, 0.25) is 11.7 Å². The molecule has 0 unspecified atom stereocenters. The molecule has 1 amide bonds. The van der Waals surface area contributed by atoms with E-state index in [0.29, 0.717) is 10.7 Å². The summed E-state index contributed by atoms with van der Waals surface area (Å²) >= 11 is 1.33. The number of allylic oxidation sites excluding steroid dienone is 8. The van der Waals surface area contributed by atoms with Crippen molar-refractivity contribution in [3.8, 4) is 0 Å². The molecule has 0 saturated carbocycles. The highest BCUT2D eigenvalue weighted by Gasteiger charge is 2.21. The van der Waals surface area contributed by atoms with Crippen LogP contribution in [-0.4, -0.2) is 23.2 Å². The zero-order valence-electron chi connectivity index (χ0n) is 17.6. The number of hydrogen-bond donors (Lipinski definition) is 1. The van der Waals surface area contributed by atoms with Crippen molar-refractivity contribution < 1.29 is 14.4 Å². The lowest BCUT2D eigenvalue weighted by molar-refractivity contribution is -0.119. The molecule has 0 atom stereocenters. The van der Waals surface area contributed by atoms with Crippen LogP contribution < -0.4 is 5.32 Å². The van der Waals surface area contributed by atoms with Crippen LogP contribution in [0.2, 0.25) is 0 Å². The maximum atomic E-state index is 12.1. The van der Waals surface area contributed by atoms with Crippen LogP contribution in [0.25, 0.3) is 0 Å². The Hall–Kier alpha value is -2.14. The maximum absolute atomic E-state index is 12.1. The van der Waals surface area contributed by atoms with Gasteiger partial charge in [-0.25, -0.2) is 0 Å². The Bertz CT molecular complexity index is 763. The molecule has 152 valence electrons. The van der Waals surface area contributed by atoms with Crippen LogP contribution in [0.1, 0.15) is 60.3 Å². The van der Waals surface area contributed by atoms with Gasteiger partial charge in [0, 0.05) is 18.2 Å². The van der Waals surface area contributed by atoms with E-state index in [4.69, 9.17) is 0 Å². The Balaban J connectivity index is 2.52. The summed E-state index contributed by atoms with van der Waals surface area (Å²) in [6.07, 6.45) is 12.2. The van der Waals surface area contributed by atoms with Crippen LogP contribution in [0.5, 0.6) is 0 Å². The van der Waals surface area contributed by atoms with Crippen LogP contribution >= 0.6 is 11.8 Å². The smallest absolute Gasteiger partial charge is 0.248 e. The molecule has 28 heavy (non-hydrogen) atoms. The third-order valence-corrected chi connectivity index (χ3v) is 5.02. The normalized spacial score (nSPS) is 15.2. The number of thioether (sulfide) groups is 1. The van der Waals surface area contributed by atoms with Crippen molar-refractivity contribution in [2.75, 3.05) is 5.75 Å². The lowest BCUT2D eigenvalue weighted by Gasteiger charge is -2.11. The van der Waals surface area contributed by atoms with Gasteiger partial charge in [0.15, 0.2) is 5.78 Å². The molecule has 4 nitrogen and oxygen atoms in total. The van der Waals surface area contributed by atoms with E-state index >= 15 is 0 Å². The minimum absolute atomic E-state index is 0.0366. The standard InChI is InChI=1S/C23H31NO3S/c1-6-28-22-15-20(25)19(14-21(22)26)24-23(27)13-18(5)12-8-11-17(4)10-7-9-16(2)3/h9,11,13-15H,6-8,10,12H2,1-5H3,(H,24,27). The number of ketones is 2. The molecule has 0 heterocycles. The van der Waals surface area contributed by atoms with Gasteiger partial charge in [0.25, 0.3) is 0 Å². The number of nitrogens with one attached hydrogen (secondary N) is 1. The zero-order chi connectivity index (χ0) is 21.1. The monoisotopic (exact) mass is 401 g/mol. The SMILES string of the molecule is CCSC1=CC(=O)C(NC(=O)C=C(C)CCC=C(C)CCC=C(C)C)=CC1=O. The summed E-state index contributed by atoms with van der Waals surface area (Å²) in [6, 6.07) is 0. The van der Waals surface area contributed by atoms with Crippen LogP contribution in [0.3, 0.4) is 0 Å². The molecule has 0 saturated heterocycles. The van der Waals surface area contributed by atoms with E-state index in [1.807, 2.05) is 13.8 Å². The molecule has 0 bridgehead atoms. The number of carbonyl (C=O) groups is 3. The zero-order valence-corrected chi connectivity index (χ0v) is 18.4. The summed E-state index contributed by atoms with van der Waals surface area (Å²) in [5.41, 5.74) is 3.65. The molecule has 0 spiro atoms. The summed E-state index contributed by atoms with van der Waals surface area (Å²) in [6.45, 7) is 10.1. The minimum Gasteiger partial charge on any atom is -0.319 e. The predicted molar refractivity (Wildman–Crippen MR) is 118 cm³/mol. The van der Waals surface area contributed by atoms with E-state index in [1.54, 1.807) is 0 Å². The van der Waals surface area contributed by atoms with E-state index in [0.717, 1.165) is 31.3 Å². The molecule has 5 heteroatoms. The van der Waals surface area contributed by atoms with Gasteiger partial charge in [0.1, 0.15) is 0 Å². The second kappa shape index (κ2) is 12.3. The lowest BCUT2D eigenvalue weighted by Crippen LogP contribution is -2.28. The first kappa shape index (κ1) is 23.9. The highest BCUT2D eigenvalue weighted by atomic mass is 32.2. The number of rotatable bonds is 10. The van der Waals surface area contributed by atoms with E-state index in [-0.39, 0.29) is 23.2 Å². The first-order valence-electron chi connectivity index (χ1n) is 9.65. The summed E-state index contributed by atoms with van der Waals surface area (Å²) in [5.74, 6) is -0.249. The Morgan fingerprint density at radius 2 is 1.61 bits per heavy atom. The summed E-state index contributed by atoms with van der Waals surface area (Å²) in [5, 5.41) is 2.53. The second-order valence-corrected chi connectivity index (χ2v) is 8.42. The topological polar surface area (TPSA) is 63.2 Å². The minimum atomic E-state index is -0.380. The van der Waals surface area contributed by atoms with Gasteiger partial charge in [-0.15, -0.1) is 11.8 Å². The largest absolute Gasteiger partial charge is 0.319 e. The highest BCUT2D eigenvalue weighted by molar-refractivity contribution is 8.04. The van der Waals surface area contributed by atoms with Crippen molar-refractivity contribution >= 4 is 29.2 Å². The quantitative estimate of drug-likeness (QED) is 0.311. The molecule has 0 aromatic heterocycles. The third kappa shape index (κ3) is 9.18. The molecule has 1 aliphatic carbocycles. The Labute approximate surface area is 172 Å². The van der Waals surface area contributed by atoms with Crippen LogP contribution in [0.15, 0.2) is 57.7 Å². The van der Waals surface area contributed by atoms with Crippen LogP contribution in [-0.2, 0) is 14.4 Å². The molecule has 1 N–H and O–H groups in total. The van der Waals surface area contributed by atoms with Crippen molar-refractivity contribution in [2.45, 2.75) is 60.3 Å². The van der Waals surface area contributed by atoms with Gasteiger partial charge in [-0.05, 0) is 59.1 Å². The first-order valence-corrected chi connectivity index (χ1v) is 10.6. The van der Waals surface area contributed by atoms with Crippen molar-refractivity contribution in [1.29, 1.82) is 0 Å². The molecular formula is C23H31NO3S. The van der Waals surface area contributed by atoms with Gasteiger partial charge in [-0.3, -0.25) is 14.4 Å². The molecule has 0 fully saturated rings. The number of carbonyl (C=O) groups excluding carboxylic acids is 3. The Morgan fingerprint density at radius 3 is 2.25 bits per heavy atom.